The molecule has 26 heavy (non-hydrogen) atoms. The van der Waals surface area contributed by atoms with E-state index in [1.54, 1.807) is 24.3 Å². The summed E-state index contributed by atoms with van der Waals surface area (Å²) in [6.07, 6.45) is 5.82. The van der Waals surface area contributed by atoms with Gasteiger partial charge in [0.2, 0.25) is 10.0 Å². The van der Waals surface area contributed by atoms with Crippen LogP contribution in [0.3, 0.4) is 0 Å². The summed E-state index contributed by atoms with van der Waals surface area (Å²) < 4.78 is 24.9. The van der Waals surface area contributed by atoms with Crippen LogP contribution in [0.1, 0.15) is 52.9 Å². The fourth-order valence-corrected chi connectivity index (χ4v) is 3.85. The number of carbonyl (C=O) groups is 1. The Kier molecular flexibility index (Phi) is 5.32. The van der Waals surface area contributed by atoms with Crippen molar-refractivity contribution in [3.8, 4) is 0 Å². The van der Waals surface area contributed by atoms with Crippen LogP contribution >= 0.6 is 0 Å². The molecule has 0 heterocycles. The van der Waals surface area contributed by atoms with Gasteiger partial charge in [0, 0.05) is 11.3 Å². The number of sulfonamides is 1. The van der Waals surface area contributed by atoms with E-state index in [2.05, 4.69) is 28.2 Å². The summed E-state index contributed by atoms with van der Waals surface area (Å²) in [6, 6.07) is 12.8. The molecule has 1 atom stereocenters. The van der Waals surface area contributed by atoms with Gasteiger partial charge in [-0.25, -0.2) is 8.42 Å². The number of aryl methyl sites for hydroxylation is 2. The van der Waals surface area contributed by atoms with E-state index in [0.29, 0.717) is 11.3 Å². The maximum absolute atomic E-state index is 12.5. The number of amides is 1. The second-order valence-corrected chi connectivity index (χ2v) is 8.63. The predicted molar refractivity (Wildman–Crippen MR) is 104 cm³/mol. The fourth-order valence-electron chi connectivity index (χ4n) is 3.29. The van der Waals surface area contributed by atoms with Crippen molar-refractivity contribution in [2.45, 2.75) is 38.6 Å². The van der Waals surface area contributed by atoms with Gasteiger partial charge in [-0.2, -0.15) is 0 Å². The number of hydrogen-bond acceptors (Lipinski definition) is 3. The molecule has 0 bridgehead atoms. The van der Waals surface area contributed by atoms with E-state index in [-0.39, 0.29) is 11.9 Å². The van der Waals surface area contributed by atoms with Gasteiger partial charge in [0.15, 0.2) is 0 Å². The first kappa shape index (κ1) is 18.5. The molecule has 0 aliphatic heterocycles. The lowest BCUT2D eigenvalue weighted by molar-refractivity contribution is 0.0940. The van der Waals surface area contributed by atoms with Gasteiger partial charge in [0.05, 0.1) is 12.3 Å². The zero-order chi connectivity index (χ0) is 18.7. The van der Waals surface area contributed by atoms with Crippen molar-refractivity contribution in [2.75, 3.05) is 11.0 Å². The Morgan fingerprint density at radius 2 is 1.65 bits per heavy atom. The third kappa shape index (κ3) is 4.64. The van der Waals surface area contributed by atoms with Gasteiger partial charge >= 0.3 is 0 Å². The highest BCUT2D eigenvalue weighted by molar-refractivity contribution is 7.92. The van der Waals surface area contributed by atoms with Gasteiger partial charge in [-0.1, -0.05) is 18.2 Å². The number of fused-ring (bicyclic) bond motifs is 1. The molecule has 1 aliphatic rings. The molecule has 0 fully saturated rings. The van der Waals surface area contributed by atoms with Gasteiger partial charge in [0.1, 0.15) is 0 Å². The van der Waals surface area contributed by atoms with Crippen LogP contribution in [0.4, 0.5) is 5.69 Å². The van der Waals surface area contributed by atoms with Crippen LogP contribution in [0.25, 0.3) is 0 Å². The number of nitrogens with one attached hydrogen (secondary N) is 2. The number of rotatable bonds is 5. The van der Waals surface area contributed by atoms with Crippen LogP contribution in [-0.2, 0) is 22.9 Å². The highest BCUT2D eigenvalue weighted by Crippen LogP contribution is 2.25. The van der Waals surface area contributed by atoms with Gasteiger partial charge in [-0.05, 0) is 73.6 Å². The van der Waals surface area contributed by atoms with Gasteiger partial charge in [-0.15, -0.1) is 0 Å². The van der Waals surface area contributed by atoms with Gasteiger partial charge < -0.3 is 5.32 Å². The molecule has 2 aromatic rings. The predicted octanol–water partition coefficient (Wildman–Crippen LogP) is 3.43. The average Bonchev–Trinajstić information content (AvgIpc) is 2.60. The Labute approximate surface area is 154 Å². The summed E-state index contributed by atoms with van der Waals surface area (Å²) in [6.45, 7) is 1.97. The van der Waals surface area contributed by atoms with Crippen molar-refractivity contribution < 1.29 is 13.2 Å². The van der Waals surface area contributed by atoms with E-state index in [0.717, 1.165) is 24.7 Å². The van der Waals surface area contributed by atoms with Crippen LogP contribution in [0, 0.1) is 0 Å². The molecule has 2 N–H and O–H groups in total. The van der Waals surface area contributed by atoms with Crippen LogP contribution in [0.15, 0.2) is 42.5 Å². The number of benzene rings is 2. The monoisotopic (exact) mass is 372 g/mol. The maximum atomic E-state index is 12.5. The molecule has 6 heteroatoms. The normalized spacial score (nSPS) is 15.0. The zero-order valence-electron chi connectivity index (χ0n) is 15.1. The highest BCUT2D eigenvalue weighted by atomic mass is 32.2. The van der Waals surface area contributed by atoms with Crippen molar-refractivity contribution in [3.05, 3.63) is 64.7 Å². The standard InChI is InChI=1S/C20H24N2O3S/c1-14(17-8-7-15-5-3-4-6-18(15)13-17)21-20(23)16-9-11-19(12-10-16)22-26(2,24)25/h7-14,22H,3-6H2,1-2H3,(H,21,23)/t14-/m0/s1. The molecule has 0 radical (unpaired) electrons. The first-order valence-corrected chi connectivity index (χ1v) is 10.7. The third-order valence-corrected chi connectivity index (χ3v) is 5.28. The number of carbonyl (C=O) groups excluding carboxylic acids is 1. The van der Waals surface area contributed by atoms with Crippen LogP contribution in [0.5, 0.6) is 0 Å². The van der Waals surface area contributed by atoms with E-state index >= 15 is 0 Å². The molecule has 0 spiro atoms. The summed E-state index contributed by atoms with van der Waals surface area (Å²) in [4.78, 5) is 12.5. The molecule has 2 aromatic carbocycles. The summed E-state index contributed by atoms with van der Waals surface area (Å²) in [5, 5.41) is 3.01. The average molecular weight is 372 g/mol. The Morgan fingerprint density at radius 1 is 1.00 bits per heavy atom. The quantitative estimate of drug-likeness (QED) is 0.844. The maximum Gasteiger partial charge on any atom is 0.251 e. The van der Waals surface area contributed by atoms with E-state index in [1.807, 2.05) is 6.92 Å². The van der Waals surface area contributed by atoms with Crippen LogP contribution < -0.4 is 10.0 Å². The van der Waals surface area contributed by atoms with Gasteiger partial charge in [-0.3, -0.25) is 9.52 Å². The van der Waals surface area contributed by atoms with E-state index in [9.17, 15) is 13.2 Å². The molecule has 1 amide bonds. The lowest BCUT2D eigenvalue weighted by Crippen LogP contribution is -2.26. The summed E-state index contributed by atoms with van der Waals surface area (Å²) in [7, 11) is -3.32. The minimum Gasteiger partial charge on any atom is -0.346 e. The fraction of sp³-hybridized carbons (Fsp3) is 0.350. The van der Waals surface area contributed by atoms with Crippen molar-refractivity contribution >= 4 is 21.6 Å². The summed E-state index contributed by atoms with van der Waals surface area (Å²) >= 11 is 0. The lowest BCUT2D eigenvalue weighted by Gasteiger charge is -2.20. The van der Waals surface area contributed by atoms with E-state index in [4.69, 9.17) is 0 Å². The first-order valence-electron chi connectivity index (χ1n) is 8.82. The zero-order valence-corrected chi connectivity index (χ0v) is 15.9. The Bertz CT molecular complexity index is 905. The van der Waals surface area contributed by atoms with Crippen molar-refractivity contribution in [2.24, 2.45) is 0 Å². The number of anilines is 1. The second kappa shape index (κ2) is 7.50. The molecular weight excluding hydrogens is 348 g/mol. The van der Waals surface area contributed by atoms with Crippen LogP contribution in [-0.4, -0.2) is 20.6 Å². The van der Waals surface area contributed by atoms with Crippen LogP contribution in [0.2, 0.25) is 0 Å². The second-order valence-electron chi connectivity index (χ2n) is 6.88. The Hall–Kier alpha value is -2.34. The minimum absolute atomic E-state index is 0.0939. The van der Waals surface area contributed by atoms with E-state index < -0.39 is 10.0 Å². The summed E-state index contributed by atoms with van der Waals surface area (Å²) in [5.74, 6) is -0.180. The molecular formula is C20H24N2O3S. The summed E-state index contributed by atoms with van der Waals surface area (Å²) in [5.41, 5.74) is 4.86. The SMILES string of the molecule is C[C@H](NC(=O)c1ccc(NS(C)(=O)=O)cc1)c1ccc2c(c1)CCCC2. The first-order chi connectivity index (χ1) is 12.3. The van der Waals surface area contributed by atoms with Gasteiger partial charge in [0.25, 0.3) is 5.91 Å². The van der Waals surface area contributed by atoms with Crippen molar-refractivity contribution in [1.82, 2.24) is 5.32 Å². The molecule has 1 aliphatic carbocycles. The highest BCUT2D eigenvalue weighted by Gasteiger charge is 2.15. The Balaban J connectivity index is 1.67. The van der Waals surface area contributed by atoms with Crippen molar-refractivity contribution in [3.63, 3.8) is 0 Å². The third-order valence-electron chi connectivity index (χ3n) is 4.67. The molecule has 0 saturated heterocycles. The molecule has 0 saturated carbocycles. The molecule has 3 rings (SSSR count). The smallest absolute Gasteiger partial charge is 0.251 e. The minimum atomic E-state index is -3.32. The topological polar surface area (TPSA) is 75.3 Å². The molecule has 5 nitrogen and oxygen atoms in total. The molecule has 0 aromatic heterocycles. The largest absolute Gasteiger partial charge is 0.346 e. The lowest BCUT2D eigenvalue weighted by atomic mass is 9.89. The Morgan fingerprint density at radius 3 is 2.31 bits per heavy atom. The molecule has 138 valence electrons. The molecule has 0 unspecified atom stereocenters. The number of hydrogen-bond donors (Lipinski definition) is 2. The van der Waals surface area contributed by atoms with Crippen molar-refractivity contribution in [1.29, 1.82) is 0 Å². The van der Waals surface area contributed by atoms with E-state index in [1.165, 1.54) is 24.0 Å².